The monoisotopic (exact) mass is 279 g/mol. The van der Waals surface area contributed by atoms with Crippen LogP contribution in [0.1, 0.15) is 30.1 Å². The molecule has 1 heterocycles. The van der Waals surface area contributed by atoms with Crippen molar-refractivity contribution in [3.8, 4) is 5.75 Å². The maximum atomic E-state index is 13.8. The summed E-state index contributed by atoms with van der Waals surface area (Å²) in [6.07, 6.45) is 5.59. The molecule has 0 spiro atoms. The Kier molecular flexibility index (Phi) is 3.40. The van der Waals surface area contributed by atoms with Crippen LogP contribution in [0.4, 0.5) is 8.78 Å². The summed E-state index contributed by atoms with van der Waals surface area (Å²) in [6.45, 7) is 0.175. The van der Waals surface area contributed by atoms with Crippen molar-refractivity contribution in [1.29, 1.82) is 0 Å². The molecule has 1 aliphatic rings. The lowest BCUT2D eigenvalue weighted by Gasteiger charge is -2.11. The van der Waals surface area contributed by atoms with E-state index in [0.717, 1.165) is 18.5 Å². The SMILES string of the molecule is NCc1cc(F)c(OCc2cncn2C2CC2)c(F)c1. The van der Waals surface area contributed by atoms with E-state index < -0.39 is 11.6 Å². The van der Waals surface area contributed by atoms with Crippen LogP contribution < -0.4 is 10.5 Å². The Morgan fingerprint density at radius 1 is 1.30 bits per heavy atom. The van der Waals surface area contributed by atoms with E-state index >= 15 is 0 Å². The number of nitrogens with zero attached hydrogens (tertiary/aromatic N) is 2. The molecule has 0 saturated heterocycles. The van der Waals surface area contributed by atoms with Gasteiger partial charge in [0, 0.05) is 12.6 Å². The highest BCUT2D eigenvalue weighted by molar-refractivity contribution is 5.31. The maximum Gasteiger partial charge on any atom is 0.191 e. The van der Waals surface area contributed by atoms with Crippen LogP contribution in [0.5, 0.6) is 5.75 Å². The molecule has 0 aliphatic heterocycles. The fourth-order valence-corrected chi connectivity index (χ4v) is 2.14. The lowest BCUT2D eigenvalue weighted by atomic mass is 10.2. The lowest BCUT2D eigenvalue weighted by Crippen LogP contribution is -2.06. The van der Waals surface area contributed by atoms with E-state index in [1.54, 1.807) is 12.5 Å². The number of hydrogen-bond acceptors (Lipinski definition) is 3. The number of benzene rings is 1. The van der Waals surface area contributed by atoms with Gasteiger partial charge < -0.3 is 15.0 Å². The molecular formula is C14H15F2N3O. The summed E-state index contributed by atoms with van der Waals surface area (Å²) in [5.74, 6) is -1.84. The van der Waals surface area contributed by atoms with Crippen molar-refractivity contribution in [3.63, 3.8) is 0 Å². The fraction of sp³-hybridized carbons (Fsp3) is 0.357. The van der Waals surface area contributed by atoms with E-state index in [9.17, 15) is 8.78 Å². The van der Waals surface area contributed by atoms with Crippen LogP contribution >= 0.6 is 0 Å². The Labute approximate surface area is 115 Å². The third-order valence-electron chi connectivity index (χ3n) is 3.34. The van der Waals surface area contributed by atoms with Crippen LogP contribution in [0.25, 0.3) is 0 Å². The van der Waals surface area contributed by atoms with Gasteiger partial charge in [0.15, 0.2) is 17.4 Å². The highest BCUT2D eigenvalue weighted by Gasteiger charge is 2.25. The Morgan fingerprint density at radius 2 is 2.00 bits per heavy atom. The molecule has 0 unspecified atom stereocenters. The van der Waals surface area contributed by atoms with Crippen molar-refractivity contribution in [2.45, 2.75) is 32.0 Å². The van der Waals surface area contributed by atoms with Gasteiger partial charge in [-0.2, -0.15) is 0 Å². The second kappa shape index (κ2) is 5.20. The van der Waals surface area contributed by atoms with Crippen molar-refractivity contribution in [2.24, 2.45) is 5.73 Å². The van der Waals surface area contributed by atoms with E-state index in [1.165, 1.54) is 12.1 Å². The molecule has 0 radical (unpaired) electrons. The molecule has 1 fully saturated rings. The van der Waals surface area contributed by atoms with E-state index in [-0.39, 0.29) is 18.9 Å². The number of ether oxygens (including phenoxy) is 1. The minimum Gasteiger partial charge on any atom is -0.481 e. The topological polar surface area (TPSA) is 53.1 Å². The van der Waals surface area contributed by atoms with Gasteiger partial charge in [0.2, 0.25) is 0 Å². The second-order valence-electron chi connectivity index (χ2n) is 4.90. The van der Waals surface area contributed by atoms with Gasteiger partial charge in [-0.05, 0) is 30.5 Å². The number of hydrogen-bond donors (Lipinski definition) is 1. The summed E-state index contributed by atoms with van der Waals surface area (Å²) in [5, 5.41) is 0. The van der Waals surface area contributed by atoms with Crippen LogP contribution in [0, 0.1) is 11.6 Å². The van der Waals surface area contributed by atoms with Gasteiger partial charge in [0.1, 0.15) is 6.61 Å². The Morgan fingerprint density at radius 3 is 2.60 bits per heavy atom. The summed E-state index contributed by atoms with van der Waals surface area (Å²) in [5.41, 5.74) is 6.58. The summed E-state index contributed by atoms with van der Waals surface area (Å²) >= 11 is 0. The van der Waals surface area contributed by atoms with Crippen molar-refractivity contribution >= 4 is 0 Å². The molecule has 20 heavy (non-hydrogen) atoms. The molecule has 2 aromatic rings. The number of aromatic nitrogens is 2. The van der Waals surface area contributed by atoms with Gasteiger partial charge in [0.25, 0.3) is 0 Å². The van der Waals surface area contributed by atoms with Gasteiger partial charge in [-0.3, -0.25) is 0 Å². The average molecular weight is 279 g/mol. The van der Waals surface area contributed by atoms with Crippen LogP contribution in [0.3, 0.4) is 0 Å². The second-order valence-corrected chi connectivity index (χ2v) is 4.90. The van der Waals surface area contributed by atoms with Crippen molar-refractivity contribution in [3.05, 3.63) is 47.5 Å². The zero-order chi connectivity index (χ0) is 14.1. The molecule has 6 heteroatoms. The standard InChI is InChI=1S/C14H15F2N3O/c15-12-3-9(5-17)4-13(16)14(12)20-7-11-6-18-8-19(11)10-1-2-10/h3-4,6,8,10H,1-2,5,7,17H2. The van der Waals surface area contributed by atoms with Crippen LogP contribution in [-0.4, -0.2) is 9.55 Å². The molecule has 1 aromatic carbocycles. The minimum atomic E-state index is -0.733. The maximum absolute atomic E-state index is 13.8. The van der Waals surface area contributed by atoms with Crippen molar-refractivity contribution in [2.75, 3.05) is 0 Å². The fourth-order valence-electron chi connectivity index (χ4n) is 2.14. The number of halogens is 2. The Hall–Kier alpha value is -1.95. The molecule has 1 saturated carbocycles. The van der Waals surface area contributed by atoms with Crippen molar-refractivity contribution < 1.29 is 13.5 Å². The number of rotatable bonds is 5. The average Bonchev–Trinajstić information content (AvgIpc) is 3.17. The van der Waals surface area contributed by atoms with Gasteiger partial charge in [0.05, 0.1) is 18.2 Å². The molecule has 3 rings (SSSR count). The first kappa shape index (κ1) is 13.1. The third kappa shape index (κ3) is 2.51. The van der Waals surface area contributed by atoms with E-state index in [4.69, 9.17) is 10.5 Å². The largest absolute Gasteiger partial charge is 0.481 e. The summed E-state index contributed by atoms with van der Waals surface area (Å²) in [4.78, 5) is 4.05. The molecule has 2 N–H and O–H groups in total. The lowest BCUT2D eigenvalue weighted by molar-refractivity contribution is 0.265. The number of nitrogens with two attached hydrogens (primary N) is 1. The van der Waals surface area contributed by atoms with Crippen molar-refractivity contribution in [1.82, 2.24) is 9.55 Å². The Balaban J connectivity index is 1.76. The minimum absolute atomic E-state index is 0.0859. The van der Waals surface area contributed by atoms with Crippen LogP contribution in [0.2, 0.25) is 0 Å². The van der Waals surface area contributed by atoms with E-state index in [2.05, 4.69) is 4.98 Å². The molecule has 0 atom stereocenters. The Bertz CT molecular complexity index is 600. The van der Waals surface area contributed by atoms with Gasteiger partial charge in [-0.25, -0.2) is 13.8 Å². The first-order valence-corrected chi connectivity index (χ1v) is 6.50. The molecule has 1 aromatic heterocycles. The quantitative estimate of drug-likeness (QED) is 0.915. The molecular weight excluding hydrogens is 264 g/mol. The molecule has 106 valence electrons. The first-order valence-electron chi connectivity index (χ1n) is 6.50. The number of imidazole rings is 1. The first-order chi connectivity index (χ1) is 9.69. The summed E-state index contributed by atoms with van der Waals surface area (Å²) < 4.78 is 34.8. The molecule has 4 nitrogen and oxygen atoms in total. The predicted molar refractivity (Wildman–Crippen MR) is 69.1 cm³/mol. The molecule has 0 bridgehead atoms. The van der Waals surface area contributed by atoms with Gasteiger partial charge in [-0.15, -0.1) is 0 Å². The van der Waals surface area contributed by atoms with E-state index in [0.29, 0.717) is 11.6 Å². The van der Waals surface area contributed by atoms with Gasteiger partial charge >= 0.3 is 0 Å². The van der Waals surface area contributed by atoms with Crippen LogP contribution in [-0.2, 0) is 13.2 Å². The summed E-state index contributed by atoms with van der Waals surface area (Å²) in [6, 6.07) is 2.83. The smallest absolute Gasteiger partial charge is 0.191 e. The zero-order valence-electron chi connectivity index (χ0n) is 10.9. The molecule has 0 amide bonds. The third-order valence-corrected chi connectivity index (χ3v) is 3.34. The predicted octanol–water partition coefficient (Wildman–Crippen LogP) is 2.53. The van der Waals surface area contributed by atoms with Gasteiger partial charge in [-0.1, -0.05) is 0 Å². The normalized spacial score (nSPS) is 14.6. The zero-order valence-corrected chi connectivity index (χ0v) is 10.9. The summed E-state index contributed by atoms with van der Waals surface area (Å²) in [7, 11) is 0. The molecule has 1 aliphatic carbocycles. The van der Waals surface area contributed by atoms with Crippen LogP contribution in [0.15, 0.2) is 24.7 Å². The highest BCUT2D eigenvalue weighted by Crippen LogP contribution is 2.36. The highest BCUT2D eigenvalue weighted by atomic mass is 19.1. The van der Waals surface area contributed by atoms with E-state index in [1.807, 2.05) is 4.57 Å².